The number of nitrogens with zero attached hydrogens (tertiary/aromatic N) is 3. The zero-order chi connectivity index (χ0) is 23.7. The van der Waals surface area contributed by atoms with E-state index in [0.29, 0.717) is 29.8 Å². The van der Waals surface area contributed by atoms with Gasteiger partial charge in [0.15, 0.2) is 11.2 Å². The summed E-state index contributed by atoms with van der Waals surface area (Å²) >= 11 is 0. The molecule has 0 saturated carbocycles. The van der Waals surface area contributed by atoms with Gasteiger partial charge in [0.1, 0.15) is 6.04 Å². The molecule has 1 unspecified atom stereocenters. The van der Waals surface area contributed by atoms with Gasteiger partial charge in [-0.3, -0.25) is 14.6 Å². The van der Waals surface area contributed by atoms with Crippen LogP contribution >= 0.6 is 0 Å². The zero-order valence-corrected chi connectivity index (χ0v) is 18.2. The highest BCUT2D eigenvalue weighted by Gasteiger charge is 2.19. The number of nitrogens with one attached hydrogen (secondary N) is 3. The first-order chi connectivity index (χ1) is 15.4. The fraction of sp³-hybridized carbons (Fsp3) is 0.333. The number of carboxylic acid groups (broad SMARTS) is 1. The molecule has 1 atom stereocenters. The monoisotopic (exact) mass is 441 g/mol. The van der Waals surface area contributed by atoms with Crippen LogP contribution in [-0.4, -0.2) is 43.0 Å². The molecular weight excluding hydrogens is 414 g/mol. The molecule has 1 aromatic carbocycles. The second-order valence-electron chi connectivity index (χ2n) is 6.57. The number of carbonyl (C=O) groups excluding carboxylic acids is 1. The Hall–Kier alpha value is -4.02. The first kappa shape index (κ1) is 24.3. The second kappa shape index (κ2) is 11.4. The number of H-pyrrole nitrogens is 1. The molecular formula is C21H27N7O4. The largest absolute Gasteiger partial charge is 0.480 e. The Morgan fingerprint density at radius 1 is 1.19 bits per heavy atom. The molecule has 6 N–H and O–H groups in total. The van der Waals surface area contributed by atoms with Crippen LogP contribution in [0.2, 0.25) is 0 Å². The molecule has 0 aliphatic carbocycles. The number of fused-ring (bicyclic) bond motifs is 1. The van der Waals surface area contributed by atoms with Crippen molar-refractivity contribution in [2.24, 2.45) is 0 Å². The van der Waals surface area contributed by atoms with Gasteiger partial charge >= 0.3 is 5.97 Å². The molecule has 0 spiro atoms. The average molecular weight is 441 g/mol. The van der Waals surface area contributed by atoms with E-state index in [9.17, 15) is 14.4 Å². The lowest BCUT2D eigenvalue weighted by Crippen LogP contribution is -2.40. The summed E-state index contributed by atoms with van der Waals surface area (Å²) in [7, 11) is 0. The minimum atomic E-state index is -1.06. The number of carbonyl (C=O) groups is 2. The normalized spacial score (nSPS) is 11.2. The summed E-state index contributed by atoms with van der Waals surface area (Å²) in [6.07, 6.45) is 2.49. The first-order valence-corrected chi connectivity index (χ1v) is 10.3. The van der Waals surface area contributed by atoms with E-state index in [1.165, 1.54) is 6.20 Å². The number of aromatic nitrogens is 4. The van der Waals surface area contributed by atoms with E-state index in [4.69, 9.17) is 10.8 Å². The highest BCUT2D eigenvalue weighted by molar-refractivity contribution is 5.96. The van der Waals surface area contributed by atoms with E-state index in [1.54, 1.807) is 24.3 Å². The second-order valence-corrected chi connectivity index (χ2v) is 6.57. The van der Waals surface area contributed by atoms with Crippen molar-refractivity contribution >= 4 is 34.7 Å². The molecule has 0 aliphatic heterocycles. The third kappa shape index (κ3) is 6.24. The molecule has 0 aliphatic rings. The SMILES string of the molecule is CC.CCCC(NC(=O)c1ccc(NCc2cnc3nc(N)[nH]c(=O)c3n2)cc1)C(=O)O. The quantitative estimate of drug-likeness (QED) is 0.349. The molecule has 2 heterocycles. The number of aromatic amines is 1. The van der Waals surface area contributed by atoms with Crippen LogP contribution in [0.4, 0.5) is 11.6 Å². The maximum absolute atomic E-state index is 12.2. The molecule has 3 rings (SSSR count). The molecule has 0 bridgehead atoms. The Morgan fingerprint density at radius 2 is 1.88 bits per heavy atom. The molecule has 2 aromatic heterocycles. The number of hydrogen-bond donors (Lipinski definition) is 5. The highest BCUT2D eigenvalue weighted by Crippen LogP contribution is 2.12. The van der Waals surface area contributed by atoms with E-state index in [1.807, 2.05) is 20.8 Å². The van der Waals surface area contributed by atoms with Gasteiger partial charge in [-0.2, -0.15) is 4.98 Å². The lowest BCUT2D eigenvalue weighted by Gasteiger charge is -2.14. The Kier molecular flexibility index (Phi) is 8.63. The van der Waals surface area contributed by atoms with Gasteiger partial charge in [-0.15, -0.1) is 0 Å². The highest BCUT2D eigenvalue weighted by atomic mass is 16.4. The van der Waals surface area contributed by atoms with Crippen LogP contribution in [0.15, 0.2) is 35.3 Å². The predicted molar refractivity (Wildman–Crippen MR) is 121 cm³/mol. The smallest absolute Gasteiger partial charge is 0.326 e. The number of rotatable bonds is 8. The van der Waals surface area contributed by atoms with Crippen LogP contribution in [-0.2, 0) is 11.3 Å². The summed E-state index contributed by atoms with van der Waals surface area (Å²) < 4.78 is 0. The standard InChI is InChI=1S/C19H21N7O4.C2H6/c1-2-3-13(18(29)30)24-16(27)10-4-6-11(7-5-10)21-8-12-9-22-15-14(23-12)17(28)26-19(20)25-15;1-2/h4-7,9,13,21H,2-3,8H2,1H3,(H,24,27)(H,29,30)(H3,20,22,25,26,28);1-2H3. The fourth-order valence-corrected chi connectivity index (χ4v) is 2.78. The summed E-state index contributed by atoms with van der Waals surface area (Å²) in [5.41, 5.74) is 6.85. The van der Waals surface area contributed by atoms with Crippen molar-refractivity contribution in [2.75, 3.05) is 11.1 Å². The molecule has 11 heteroatoms. The number of nitrogen functional groups attached to an aromatic ring is 1. The molecule has 11 nitrogen and oxygen atoms in total. The van der Waals surface area contributed by atoms with Crippen LogP contribution in [0.1, 0.15) is 49.7 Å². The summed E-state index contributed by atoms with van der Waals surface area (Å²) in [6.45, 7) is 6.14. The van der Waals surface area contributed by atoms with Gasteiger partial charge in [0.2, 0.25) is 5.95 Å². The minimum Gasteiger partial charge on any atom is -0.480 e. The van der Waals surface area contributed by atoms with Gasteiger partial charge in [-0.25, -0.2) is 14.8 Å². The van der Waals surface area contributed by atoms with Crippen LogP contribution in [0, 0.1) is 0 Å². The van der Waals surface area contributed by atoms with E-state index in [0.717, 1.165) is 0 Å². The van der Waals surface area contributed by atoms with Crippen molar-refractivity contribution in [3.05, 3.63) is 52.1 Å². The van der Waals surface area contributed by atoms with Gasteiger partial charge in [0.05, 0.1) is 18.4 Å². The number of amides is 1. The number of carboxylic acids is 1. The summed E-state index contributed by atoms with van der Waals surface area (Å²) in [5.74, 6) is -1.54. The lowest BCUT2D eigenvalue weighted by atomic mass is 10.1. The van der Waals surface area contributed by atoms with E-state index in [-0.39, 0.29) is 23.7 Å². The molecule has 0 saturated heterocycles. The minimum absolute atomic E-state index is 0.0267. The molecule has 1 amide bonds. The number of anilines is 2. The zero-order valence-electron chi connectivity index (χ0n) is 18.2. The van der Waals surface area contributed by atoms with E-state index >= 15 is 0 Å². The van der Waals surface area contributed by atoms with Gasteiger partial charge in [0, 0.05) is 11.3 Å². The molecule has 3 aromatic rings. The maximum atomic E-state index is 12.2. The van der Waals surface area contributed by atoms with Crippen molar-refractivity contribution in [1.29, 1.82) is 0 Å². The van der Waals surface area contributed by atoms with Crippen LogP contribution < -0.4 is 21.9 Å². The molecule has 32 heavy (non-hydrogen) atoms. The molecule has 170 valence electrons. The van der Waals surface area contributed by atoms with Gasteiger partial charge in [-0.05, 0) is 30.7 Å². The van der Waals surface area contributed by atoms with Crippen LogP contribution in [0.3, 0.4) is 0 Å². The Bertz CT molecular complexity index is 1130. The predicted octanol–water partition coefficient (Wildman–Crippen LogP) is 1.92. The Morgan fingerprint density at radius 3 is 2.50 bits per heavy atom. The summed E-state index contributed by atoms with van der Waals surface area (Å²) in [6, 6.07) is 5.64. The van der Waals surface area contributed by atoms with Crippen molar-refractivity contribution in [1.82, 2.24) is 25.3 Å². The van der Waals surface area contributed by atoms with Gasteiger partial charge in [-0.1, -0.05) is 27.2 Å². The summed E-state index contributed by atoms with van der Waals surface area (Å²) in [5, 5.41) is 14.8. The number of nitrogens with two attached hydrogens (primary N) is 1. The van der Waals surface area contributed by atoms with Gasteiger partial charge in [0.25, 0.3) is 11.5 Å². The van der Waals surface area contributed by atoms with Crippen LogP contribution in [0.25, 0.3) is 11.2 Å². The lowest BCUT2D eigenvalue weighted by molar-refractivity contribution is -0.139. The molecule has 0 radical (unpaired) electrons. The van der Waals surface area contributed by atoms with Gasteiger partial charge < -0.3 is 21.5 Å². The van der Waals surface area contributed by atoms with Crippen molar-refractivity contribution in [2.45, 2.75) is 46.2 Å². The fourth-order valence-electron chi connectivity index (χ4n) is 2.78. The topological polar surface area (TPSA) is 176 Å². The van der Waals surface area contributed by atoms with E-state index in [2.05, 4.69) is 30.6 Å². The first-order valence-electron chi connectivity index (χ1n) is 10.3. The molecule has 0 fully saturated rings. The summed E-state index contributed by atoms with van der Waals surface area (Å²) in [4.78, 5) is 50.0. The van der Waals surface area contributed by atoms with E-state index < -0.39 is 23.5 Å². The third-order valence-electron chi connectivity index (χ3n) is 4.29. The number of aliphatic carboxylic acids is 1. The van der Waals surface area contributed by atoms with Crippen molar-refractivity contribution in [3.63, 3.8) is 0 Å². The van der Waals surface area contributed by atoms with Crippen molar-refractivity contribution in [3.8, 4) is 0 Å². The average Bonchev–Trinajstić information content (AvgIpc) is 2.79. The number of hydrogen-bond acceptors (Lipinski definition) is 8. The van der Waals surface area contributed by atoms with Crippen molar-refractivity contribution < 1.29 is 14.7 Å². The Balaban J connectivity index is 0.00000176. The third-order valence-corrected chi connectivity index (χ3v) is 4.29. The number of benzene rings is 1. The maximum Gasteiger partial charge on any atom is 0.326 e. The van der Waals surface area contributed by atoms with Crippen LogP contribution in [0.5, 0.6) is 0 Å². The Labute approximate surface area is 184 Å².